The maximum absolute atomic E-state index is 13.6. The number of hydrogen-bond donors (Lipinski definition) is 1. The average Bonchev–Trinajstić information content (AvgIpc) is 3.13. The third kappa shape index (κ3) is 3.88. The number of aliphatic hydroxyl groups is 1. The normalized spacial score (nSPS) is 14.9. The molecule has 0 aliphatic heterocycles. The van der Waals surface area contributed by atoms with Crippen LogP contribution in [0.1, 0.15) is 67.4 Å². The van der Waals surface area contributed by atoms with E-state index in [4.69, 9.17) is 9.15 Å². The summed E-state index contributed by atoms with van der Waals surface area (Å²) < 4.78 is 11.1. The van der Waals surface area contributed by atoms with Gasteiger partial charge in [0.25, 0.3) is 0 Å². The molecule has 1 amide bonds. The summed E-state index contributed by atoms with van der Waals surface area (Å²) >= 11 is 0. The van der Waals surface area contributed by atoms with Crippen LogP contribution in [0.15, 0.2) is 28.7 Å². The number of nitrogens with zero attached hydrogens (tertiary/aromatic N) is 1. The van der Waals surface area contributed by atoms with Crippen LogP contribution in [0.2, 0.25) is 0 Å². The number of esters is 1. The zero-order chi connectivity index (χ0) is 23.0. The van der Waals surface area contributed by atoms with Gasteiger partial charge in [0.1, 0.15) is 11.2 Å². The third-order valence-corrected chi connectivity index (χ3v) is 6.59. The Balaban J connectivity index is 1.94. The van der Waals surface area contributed by atoms with Gasteiger partial charge in [-0.25, -0.2) is 4.79 Å². The van der Waals surface area contributed by atoms with Crippen molar-refractivity contribution in [2.24, 2.45) is 5.92 Å². The lowest BCUT2D eigenvalue weighted by Gasteiger charge is -2.33. The molecule has 4 rings (SSSR count). The molecule has 1 aliphatic carbocycles. The Labute approximate surface area is 188 Å². The van der Waals surface area contributed by atoms with E-state index in [0.29, 0.717) is 22.4 Å². The fourth-order valence-electron chi connectivity index (χ4n) is 4.84. The van der Waals surface area contributed by atoms with Gasteiger partial charge < -0.3 is 19.2 Å². The highest BCUT2D eigenvalue weighted by atomic mass is 16.5. The van der Waals surface area contributed by atoms with Crippen LogP contribution >= 0.6 is 0 Å². The summed E-state index contributed by atoms with van der Waals surface area (Å²) in [6.07, 6.45) is 5.04. The van der Waals surface area contributed by atoms with Crippen LogP contribution in [0.3, 0.4) is 0 Å². The standard InChI is InChI=1S/C26H31NO5/c1-15(2)27(25(29)17-8-6-5-7-9-17)22-12-20-19-11-18(14-28)16(3)10-23(19)32-24(20)13-21(22)26(30)31-4/h10-13,15,17,28H,5-9,14H2,1-4H3. The maximum atomic E-state index is 13.6. The number of anilines is 1. The Bertz CT molecular complexity index is 1170. The lowest BCUT2D eigenvalue weighted by atomic mass is 9.87. The van der Waals surface area contributed by atoms with E-state index in [1.807, 2.05) is 39.0 Å². The molecule has 6 heteroatoms. The topological polar surface area (TPSA) is 80.0 Å². The molecule has 1 aromatic heterocycles. The van der Waals surface area contributed by atoms with Gasteiger partial charge in [0.05, 0.1) is 25.0 Å². The number of furan rings is 1. The maximum Gasteiger partial charge on any atom is 0.340 e. The zero-order valence-electron chi connectivity index (χ0n) is 19.2. The lowest BCUT2D eigenvalue weighted by molar-refractivity contribution is -0.123. The van der Waals surface area contributed by atoms with E-state index in [1.54, 1.807) is 11.0 Å². The van der Waals surface area contributed by atoms with Crippen LogP contribution in [-0.2, 0) is 16.1 Å². The van der Waals surface area contributed by atoms with Crippen molar-refractivity contribution in [2.75, 3.05) is 12.0 Å². The van der Waals surface area contributed by atoms with Gasteiger partial charge in [-0.15, -0.1) is 0 Å². The Kier molecular flexibility index (Phi) is 6.24. The number of ether oxygens (including phenoxy) is 1. The van der Waals surface area contributed by atoms with Crippen LogP contribution in [0.4, 0.5) is 5.69 Å². The molecule has 1 N–H and O–H groups in total. The van der Waals surface area contributed by atoms with Gasteiger partial charge in [0, 0.05) is 22.7 Å². The lowest BCUT2D eigenvalue weighted by Crippen LogP contribution is -2.42. The molecule has 1 heterocycles. The molecule has 0 bridgehead atoms. The quantitative estimate of drug-likeness (QED) is 0.534. The average molecular weight is 438 g/mol. The van der Waals surface area contributed by atoms with Gasteiger partial charge >= 0.3 is 5.97 Å². The van der Waals surface area contributed by atoms with Crippen LogP contribution < -0.4 is 4.90 Å². The molecule has 0 unspecified atom stereocenters. The van der Waals surface area contributed by atoms with Crippen molar-refractivity contribution < 1.29 is 23.8 Å². The number of hydrogen-bond acceptors (Lipinski definition) is 5. The smallest absolute Gasteiger partial charge is 0.340 e. The minimum absolute atomic E-state index is 0.0305. The first-order valence-electron chi connectivity index (χ1n) is 11.4. The van der Waals surface area contributed by atoms with Gasteiger partial charge in [-0.3, -0.25) is 4.79 Å². The van der Waals surface area contributed by atoms with E-state index in [0.717, 1.165) is 47.6 Å². The summed E-state index contributed by atoms with van der Waals surface area (Å²) in [6.45, 7) is 5.78. The molecule has 0 atom stereocenters. The first kappa shape index (κ1) is 22.3. The molecule has 170 valence electrons. The first-order chi connectivity index (χ1) is 15.3. The molecular formula is C26H31NO5. The van der Waals surface area contributed by atoms with Crippen LogP contribution in [-0.4, -0.2) is 30.1 Å². The number of aryl methyl sites for hydroxylation is 1. The Morgan fingerprint density at radius 3 is 2.38 bits per heavy atom. The van der Waals surface area contributed by atoms with Gasteiger partial charge in [0.2, 0.25) is 5.91 Å². The van der Waals surface area contributed by atoms with Crippen molar-refractivity contribution in [2.45, 2.75) is 65.5 Å². The molecule has 0 radical (unpaired) electrons. The molecular weight excluding hydrogens is 406 g/mol. The Morgan fingerprint density at radius 1 is 1.09 bits per heavy atom. The van der Waals surface area contributed by atoms with Crippen LogP contribution in [0, 0.1) is 12.8 Å². The highest BCUT2D eigenvalue weighted by Crippen LogP contribution is 2.38. The predicted octanol–water partition coefficient (Wildman–Crippen LogP) is 5.50. The fourth-order valence-corrected chi connectivity index (χ4v) is 4.84. The second-order valence-electron chi connectivity index (χ2n) is 9.03. The summed E-state index contributed by atoms with van der Waals surface area (Å²) in [5.41, 5.74) is 3.84. The summed E-state index contributed by atoms with van der Waals surface area (Å²) in [5, 5.41) is 11.4. The summed E-state index contributed by atoms with van der Waals surface area (Å²) in [7, 11) is 1.34. The van der Waals surface area contributed by atoms with Crippen molar-refractivity contribution in [3.8, 4) is 0 Å². The monoisotopic (exact) mass is 437 g/mol. The highest BCUT2D eigenvalue weighted by molar-refractivity contribution is 6.12. The first-order valence-corrected chi connectivity index (χ1v) is 11.4. The van der Waals surface area contributed by atoms with E-state index in [9.17, 15) is 14.7 Å². The van der Waals surface area contributed by atoms with Gasteiger partial charge in [0.15, 0.2) is 0 Å². The summed E-state index contributed by atoms with van der Waals surface area (Å²) in [4.78, 5) is 28.1. The molecule has 1 fully saturated rings. The molecule has 1 saturated carbocycles. The predicted molar refractivity (Wildman–Crippen MR) is 125 cm³/mol. The van der Waals surface area contributed by atoms with Crippen LogP contribution in [0.5, 0.6) is 0 Å². The van der Waals surface area contributed by atoms with Crippen molar-refractivity contribution in [3.05, 3.63) is 41.0 Å². The second kappa shape index (κ2) is 8.94. The second-order valence-corrected chi connectivity index (χ2v) is 9.03. The fraction of sp³-hybridized carbons (Fsp3) is 0.462. The minimum Gasteiger partial charge on any atom is -0.465 e. The van der Waals surface area contributed by atoms with E-state index in [1.165, 1.54) is 13.5 Å². The molecule has 2 aromatic carbocycles. The SMILES string of the molecule is COC(=O)c1cc2oc3cc(C)c(CO)cc3c2cc1N(C(=O)C1CCCCC1)C(C)C. The molecule has 0 spiro atoms. The number of rotatable bonds is 5. The molecule has 0 saturated heterocycles. The molecule has 6 nitrogen and oxygen atoms in total. The van der Waals surface area contributed by atoms with Crippen molar-refractivity contribution in [1.29, 1.82) is 0 Å². The molecule has 1 aliphatic rings. The number of methoxy groups -OCH3 is 1. The highest BCUT2D eigenvalue weighted by Gasteiger charge is 2.32. The van der Waals surface area contributed by atoms with E-state index < -0.39 is 5.97 Å². The van der Waals surface area contributed by atoms with Crippen molar-refractivity contribution >= 4 is 39.5 Å². The number of carbonyl (C=O) groups is 2. The summed E-state index contributed by atoms with van der Waals surface area (Å²) in [6, 6.07) is 7.23. The van der Waals surface area contributed by atoms with Crippen molar-refractivity contribution in [1.82, 2.24) is 0 Å². The van der Waals surface area contributed by atoms with E-state index in [2.05, 4.69) is 0 Å². The van der Waals surface area contributed by atoms with Crippen molar-refractivity contribution in [3.63, 3.8) is 0 Å². The number of amides is 1. The van der Waals surface area contributed by atoms with Gasteiger partial charge in [-0.1, -0.05) is 19.3 Å². The largest absolute Gasteiger partial charge is 0.465 e. The van der Waals surface area contributed by atoms with Gasteiger partial charge in [-0.2, -0.15) is 0 Å². The third-order valence-electron chi connectivity index (χ3n) is 6.59. The molecule has 3 aromatic rings. The summed E-state index contributed by atoms with van der Waals surface area (Å²) in [5.74, 6) is -0.474. The van der Waals surface area contributed by atoms with E-state index >= 15 is 0 Å². The number of fused-ring (bicyclic) bond motifs is 3. The van der Waals surface area contributed by atoms with E-state index in [-0.39, 0.29) is 24.5 Å². The number of aliphatic hydroxyl groups excluding tert-OH is 1. The minimum atomic E-state index is -0.503. The Hall–Kier alpha value is -2.86. The van der Waals surface area contributed by atoms with Crippen LogP contribution in [0.25, 0.3) is 21.9 Å². The zero-order valence-corrected chi connectivity index (χ0v) is 19.2. The Morgan fingerprint density at radius 2 is 1.75 bits per heavy atom. The number of benzene rings is 2. The molecule has 32 heavy (non-hydrogen) atoms. The van der Waals surface area contributed by atoms with Gasteiger partial charge in [-0.05, 0) is 69.0 Å². The number of carbonyl (C=O) groups excluding carboxylic acids is 2.